The Morgan fingerprint density at radius 2 is 2.08 bits per heavy atom. The summed E-state index contributed by atoms with van der Waals surface area (Å²) in [6.07, 6.45) is 11.3. The number of H-pyrrole nitrogens is 1. The van der Waals surface area contributed by atoms with E-state index in [2.05, 4.69) is 36.6 Å². The zero-order valence-electron chi connectivity index (χ0n) is 21.6. The number of hydrogen-bond donors (Lipinski definition) is 4. The third-order valence-corrected chi connectivity index (χ3v) is 6.05. The number of nitrogens with zero attached hydrogens (tertiary/aromatic N) is 5. The lowest BCUT2D eigenvalue weighted by Gasteiger charge is -2.16. The predicted molar refractivity (Wildman–Crippen MR) is 144 cm³/mol. The number of fused-ring (bicyclic) bond motifs is 1. The highest BCUT2D eigenvalue weighted by Gasteiger charge is 2.21. The molecule has 3 heterocycles. The molecule has 4 rings (SSSR count). The van der Waals surface area contributed by atoms with Gasteiger partial charge in [-0.3, -0.25) is 14.4 Å². The molecule has 3 amide bonds. The largest absolute Gasteiger partial charge is 0.465 e. The SMILES string of the molecule is CN(C)C(=O)/C=C/CCC(NC(=O)O)C(=O)Nc1cccn(Cc2nc3ncnc(/C=C/C4CC4)c3[nH]2)c1=O. The number of likely N-dealkylation sites (N-methyl/N-ethyl adjacent to an activating group) is 1. The van der Waals surface area contributed by atoms with E-state index in [1.807, 2.05) is 6.08 Å². The van der Waals surface area contributed by atoms with Crippen molar-refractivity contribution in [1.82, 2.24) is 34.7 Å². The van der Waals surface area contributed by atoms with Gasteiger partial charge >= 0.3 is 6.09 Å². The summed E-state index contributed by atoms with van der Waals surface area (Å²) in [6.45, 7) is 0.0895. The molecule has 13 nitrogen and oxygen atoms in total. The van der Waals surface area contributed by atoms with E-state index < -0.39 is 23.6 Å². The van der Waals surface area contributed by atoms with Gasteiger partial charge in [-0.15, -0.1) is 0 Å². The summed E-state index contributed by atoms with van der Waals surface area (Å²) in [6, 6.07) is 1.90. The average Bonchev–Trinajstić information content (AvgIpc) is 3.63. The molecular weight excluding hydrogens is 504 g/mol. The molecule has 1 atom stereocenters. The van der Waals surface area contributed by atoms with E-state index in [9.17, 15) is 19.2 Å². The fourth-order valence-corrected chi connectivity index (χ4v) is 3.76. The Kier molecular flexibility index (Phi) is 8.49. The van der Waals surface area contributed by atoms with Gasteiger partial charge in [-0.25, -0.2) is 19.7 Å². The van der Waals surface area contributed by atoms with Gasteiger partial charge in [0.15, 0.2) is 5.65 Å². The lowest BCUT2D eigenvalue weighted by molar-refractivity contribution is -0.123. The third kappa shape index (κ3) is 7.37. The number of rotatable bonds is 11. The Morgan fingerprint density at radius 1 is 1.28 bits per heavy atom. The summed E-state index contributed by atoms with van der Waals surface area (Å²) >= 11 is 0. The summed E-state index contributed by atoms with van der Waals surface area (Å²) < 4.78 is 1.37. The maximum atomic E-state index is 13.1. The average molecular weight is 535 g/mol. The summed E-state index contributed by atoms with van der Waals surface area (Å²) in [5, 5.41) is 13.8. The first-order valence-electron chi connectivity index (χ1n) is 12.5. The minimum Gasteiger partial charge on any atom is -0.465 e. The summed E-state index contributed by atoms with van der Waals surface area (Å²) in [4.78, 5) is 66.4. The molecule has 1 unspecified atom stereocenters. The molecule has 0 bridgehead atoms. The number of imidazole rings is 1. The predicted octanol–water partition coefficient (Wildman–Crippen LogP) is 1.99. The van der Waals surface area contributed by atoms with Crippen LogP contribution in [-0.2, 0) is 16.1 Å². The molecule has 1 aliphatic carbocycles. The molecular formula is C26H30N8O5. The number of amides is 3. The zero-order valence-corrected chi connectivity index (χ0v) is 21.6. The Hall–Kier alpha value is -4.81. The normalized spacial score (nSPS) is 14.1. The quantitative estimate of drug-likeness (QED) is 0.270. The van der Waals surface area contributed by atoms with E-state index in [0.717, 1.165) is 5.69 Å². The maximum Gasteiger partial charge on any atom is 0.405 e. The van der Waals surface area contributed by atoms with Crippen LogP contribution in [0.2, 0.25) is 0 Å². The van der Waals surface area contributed by atoms with Gasteiger partial charge in [0.05, 0.1) is 12.2 Å². The van der Waals surface area contributed by atoms with Gasteiger partial charge in [0, 0.05) is 20.3 Å². The maximum absolute atomic E-state index is 13.1. The number of aromatic amines is 1. The molecule has 0 aromatic carbocycles. The van der Waals surface area contributed by atoms with E-state index in [-0.39, 0.29) is 31.0 Å². The molecule has 0 saturated heterocycles. The number of aromatic nitrogens is 5. The van der Waals surface area contributed by atoms with Crippen LogP contribution in [0.25, 0.3) is 17.2 Å². The fourth-order valence-electron chi connectivity index (χ4n) is 3.76. The fraction of sp³-hybridized carbons (Fsp3) is 0.346. The number of carboxylic acid groups (broad SMARTS) is 1. The van der Waals surface area contributed by atoms with E-state index in [1.54, 1.807) is 32.4 Å². The summed E-state index contributed by atoms with van der Waals surface area (Å²) in [5.41, 5.74) is 1.37. The van der Waals surface area contributed by atoms with Gasteiger partial charge in [0.25, 0.3) is 5.56 Å². The Bertz CT molecular complexity index is 1480. The van der Waals surface area contributed by atoms with Crippen molar-refractivity contribution >= 4 is 40.8 Å². The van der Waals surface area contributed by atoms with Crippen LogP contribution in [-0.4, -0.2) is 72.6 Å². The molecule has 4 N–H and O–H groups in total. The van der Waals surface area contributed by atoms with Crippen molar-refractivity contribution in [3.05, 3.63) is 64.8 Å². The van der Waals surface area contributed by atoms with Crippen molar-refractivity contribution in [1.29, 1.82) is 0 Å². The number of nitrogens with one attached hydrogen (secondary N) is 3. The smallest absolute Gasteiger partial charge is 0.405 e. The molecule has 39 heavy (non-hydrogen) atoms. The molecule has 204 valence electrons. The lowest BCUT2D eigenvalue weighted by Crippen LogP contribution is -2.44. The van der Waals surface area contributed by atoms with Crippen molar-refractivity contribution < 1.29 is 19.5 Å². The van der Waals surface area contributed by atoms with Gasteiger partial charge < -0.3 is 30.2 Å². The second-order valence-corrected chi connectivity index (χ2v) is 9.40. The van der Waals surface area contributed by atoms with Crippen LogP contribution >= 0.6 is 0 Å². The molecule has 1 saturated carbocycles. The van der Waals surface area contributed by atoms with Gasteiger partial charge in [-0.1, -0.05) is 12.2 Å². The molecule has 1 fully saturated rings. The van der Waals surface area contributed by atoms with E-state index in [1.165, 1.54) is 40.8 Å². The van der Waals surface area contributed by atoms with Crippen LogP contribution in [0.1, 0.15) is 37.2 Å². The number of carbonyl (C=O) groups excluding carboxylic acids is 2. The van der Waals surface area contributed by atoms with Crippen molar-refractivity contribution in [3.8, 4) is 0 Å². The van der Waals surface area contributed by atoms with Gasteiger partial charge in [-0.2, -0.15) is 0 Å². The van der Waals surface area contributed by atoms with Crippen LogP contribution in [0.5, 0.6) is 0 Å². The Labute approximate surface area is 223 Å². The molecule has 13 heteroatoms. The first-order valence-corrected chi connectivity index (χ1v) is 12.5. The monoisotopic (exact) mass is 534 g/mol. The molecule has 1 aliphatic rings. The van der Waals surface area contributed by atoms with Gasteiger partial charge in [0.2, 0.25) is 11.8 Å². The van der Waals surface area contributed by atoms with Gasteiger partial charge in [-0.05, 0) is 55.9 Å². The lowest BCUT2D eigenvalue weighted by atomic mass is 10.1. The Balaban J connectivity index is 1.46. The second-order valence-electron chi connectivity index (χ2n) is 9.40. The number of hydrogen-bond acceptors (Lipinski definition) is 7. The Morgan fingerprint density at radius 3 is 2.79 bits per heavy atom. The van der Waals surface area contributed by atoms with Crippen LogP contribution < -0.4 is 16.2 Å². The molecule has 3 aromatic heterocycles. The number of anilines is 1. The topological polar surface area (TPSA) is 175 Å². The summed E-state index contributed by atoms with van der Waals surface area (Å²) in [5.74, 6) is 0.157. The number of pyridine rings is 1. The van der Waals surface area contributed by atoms with Crippen LogP contribution in [0.3, 0.4) is 0 Å². The minimum absolute atomic E-state index is 0.0121. The first-order chi connectivity index (χ1) is 18.7. The van der Waals surface area contributed by atoms with Crippen molar-refractivity contribution in [2.75, 3.05) is 19.4 Å². The zero-order chi connectivity index (χ0) is 27.9. The molecule has 3 aromatic rings. The van der Waals surface area contributed by atoms with Gasteiger partial charge in [0.1, 0.15) is 29.4 Å². The molecule has 0 aliphatic heterocycles. The second kappa shape index (κ2) is 12.2. The number of carbonyl (C=O) groups is 3. The first kappa shape index (κ1) is 27.2. The van der Waals surface area contributed by atoms with Crippen molar-refractivity contribution in [2.45, 2.75) is 38.3 Å². The standard InChI is InChI=1S/C26H30N8O5/c1-33(2)21(35)8-4-3-6-18(30-26(38)39)24(36)29-19-7-5-13-34(25(19)37)14-20-31-22-17(12-11-16-9-10-16)27-15-28-23(22)32-20/h4-5,7-8,11-13,15-16,18,30H,3,6,9-10,14H2,1-2H3,(H,29,36)(H,38,39)(H,27,28,31,32)/b8-4+,12-11+. The van der Waals surface area contributed by atoms with E-state index in [4.69, 9.17) is 5.11 Å². The molecule has 0 radical (unpaired) electrons. The third-order valence-electron chi connectivity index (χ3n) is 6.05. The van der Waals surface area contributed by atoms with Crippen LogP contribution in [0.15, 0.2) is 47.7 Å². The van der Waals surface area contributed by atoms with Crippen LogP contribution in [0.4, 0.5) is 10.5 Å². The van der Waals surface area contributed by atoms with E-state index in [0.29, 0.717) is 22.9 Å². The highest BCUT2D eigenvalue weighted by Crippen LogP contribution is 2.31. The van der Waals surface area contributed by atoms with Crippen molar-refractivity contribution in [3.63, 3.8) is 0 Å². The number of allylic oxidation sites excluding steroid dienone is 2. The van der Waals surface area contributed by atoms with Crippen molar-refractivity contribution in [2.24, 2.45) is 5.92 Å². The van der Waals surface area contributed by atoms with E-state index >= 15 is 0 Å². The highest BCUT2D eigenvalue weighted by molar-refractivity contribution is 5.96. The van der Waals surface area contributed by atoms with Crippen LogP contribution in [0, 0.1) is 5.92 Å². The highest BCUT2D eigenvalue weighted by atomic mass is 16.4. The summed E-state index contributed by atoms with van der Waals surface area (Å²) in [7, 11) is 3.21. The molecule has 0 spiro atoms. The minimum atomic E-state index is -1.38.